The lowest BCUT2D eigenvalue weighted by Crippen LogP contribution is -2.36. The third kappa shape index (κ3) is 3.13. The smallest absolute Gasteiger partial charge is 0.124 e. The summed E-state index contributed by atoms with van der Waals surface area (Å²) in [5, 5.41) is 11.5. The van der Waals surface area contributed by atoms with Gasteiger partial charge in [-0.3, -0.25) is 0 Å². The van der Waals surface area contributed by atoms with E-state index < -0.39 is 0 Å². The summed E-state index contributed by atoms with van der Waals surface area (Å²) in [5.74, 6) is 1.73. The average molecular weight is 310 g/mol. The Morgan fingerprint density at radius 2 is 2.13 bits per heavy atom. The molecule has 2 atom stereocenters. The summed E-state index contributed by atoms with van der Waals surface area (Å²) in [7, 11) is 0. The number of hydrogen-bond donors (Lipinski definition) is 2. The molecule has 0 radical (unpaired) electrons. The van der Waals surface area contributed by atoms with Gasteiger partial charge in [0.1, 0.15) is 5.82 Å². The predicted octanol–water partition coefficient (Wildman–Crippen LogP) is 3.15. The Morgan fingerprint density at radius 3 is 3.04 bits per heavy atom. The second kappa shape index (κ2) is 6.36. The number of aryl methyl sites for hydroxylation is 2. The van der Waals surface area contributed by atoms with Crippen LogP contribution < -0.4 is 10.6 Å². The van der Waals surface area contributed by atoms with E-state index in [1.54, 1.807) is 11.1 Å². The quantitative estimate of drug-likeness (QED) is 0.911. The molecule has 0 saturated carbocycles. The lowest BCUT2D eigenvalue weighted by Gasteiger charge is -2.27. The number of nitrogens with zero attached hydrogens (tertiary/aromatic N) is 2. The summed E-state index contributed by atoms with van der Waals surface area (Å²) < 4.78 is 2.07. The van der Waals surface area contributed by atoms with Gasteiger partial charge >= 0.3 is 0 Å². The topological polar surface area (TPSA) is 41.9 Å². The lowest BCUT2D eigenvalue weighted by atomic mass is 9.89. The van der Waals surface area contributed by atoms with E-state index in [4.69, 9.17) is 0 Å². The summed E-state index contributed by atoms with van der Waals surface area (Å²) in [5.41, 5.74) is 4.56. The fraction of sp³-hybridized carbons (Fsp3) is 0.526. The maximum absolute atomic E-state index is 4.37. The van der Waals surface area contributed by atoms with Gasteiger partial charge in [0, 0.05) is 37.7 Å². The summed E-state index contributed by atoms with van der Waals surface area (Å²) in [6, 6.07) is 9.53. The van der Waals surface area contributed by atoms with Crippen molar-refractivity contribution in [2.75, 3.05) is 18.4 Å². The summed E-state index contributed by atoms with van der Waals surface area (Å²) >= 11 is 0. The Bertz CT molecular complexity index is 676. The molecule has 1 aromatic carbocycles. The van der Waals surface area contributed by atoms with E-state index in [1.165, 1.54) is 31.2 Å². The van der Waals surface area contributed by atoms with Crippen LogP contribution >= 0.6 is 0 Å². The van der Waals surface area contributed by atoms with E-state index in [2.05, 4.69) is 45.5 Å². The molecule has 0 spiro atoms. The Hall–Kier alpha value is -1.81. The Balaban J connectivity index is 1.36. The SMILES string of the molecule is CC(NCC1CNc2ccnn2C1)c1ccc2c(c1)CCCC2. The number of aromatic nitrogens is 2. The van der Waals surface area contributed by atoms with Gasteiger partial charge in [0.05, 0.1) is 6.20 Å². The van der Waals surface area contributed by atoms with Crippen molar-refractivity contribution in [3.05, 3.63) is 47.2 Å². The van der Waals surface area contributed by atoms with Crippen molar-refractivity contribution < 1.29 is 0 Å². The third-order valence-corrected chi connectivity index (χ3v) is 5.30. The van der Waals surface area contributed by atoms with Crippen LogP contribution in [0.3, 0.4) is 0 Å². The van der Waals surface area contributed by atoms with Crippen LogP contribution in [0.4, 0.5) is 5.82 Å². The predicted molar refractivity (Wildman–Crippen MR) is 93.7 cm³/mol. The third-order valence-electron chi connectivity index (χ3n) is 5.30. The van der Waals surface area contributed by atoms with Crippen molar-refractivity contribution >= 4 is 5.82 Å². The highest BCUT2D eigenvalue weighted by atomic mass is 15.3. The first-order valence-corrected chi connectivity index (χ1v) is 8.90. The van der Waals surface area contributed by atoms with Crippen LogP contribution in [0.25, 0.3) is 0 Å². The van der Waals surface area contributed by atoms with Gasteiger partial charge in [-0.25, -0.2) is 4.68 Å². The number of hydrogen-bond acceptors (Lipinski definition) is 3. The first-order valence-electron chi connectivity index (χ1n) is 8.90. The number of fused-ring (bicyclic) bond motifs is 2. The van der Waals surface area contributed by atoms with Crippen molar-refractivity contribution in [1.82, 2.24) is 15.1 Å². The van der Waals surface area contributed by atoms with Gasteiger partial charge in [-0.05, 0) is 49.3 Å². The minimum Gasteiger partial charge on any atom is -0.370 e. The molecule has 0 saturated heterocycles. The van der Waals surface area contributed by atoms with Gasteiger partial charge in [-0.2, -0.15) is 5.10 Å². The lowest BCUT2D eigenvalue weighted by molar-refractivity contribution is 0.376. The van der Waals surface area contributed by atoms with Crippen molar-refractivity contribution in [2.45, 2.75) is 45.2 Å². The molecule has 2 aliphatic rings. The van der Waals surface area contributed by atoms with Gasteiger partial charge in [-0.15, -0.1) is 0 Å². The van der Waals surface area contributed by atoms with Crippen LogP contribution in [0.15, 0.2) is 30.5 Å². The highest BCUT2D eigenvalue weighted by Gasteiger charge is 2.19. The molecule has 1 aliphatic heterocycles. The zero-order valence-electron chi connectivity index (χ0n) is 13.9. The monoisotopic (exact) mass is 310 g/mol. The average Bonchev–Trinajstić information content (AvgIpc) is 3.07. The summed E-state index contributed by atoms with van der Waals surface area (Å²) in [6.45, 7) is 5.32. The van der Waals surface area contributed by atoms with Crippen LogP contribution in [0.5, 0.6) is 0 Å². The normalized spacial score (nSPS) is 21.2. The van der Waals surface area contributed by atoms with Crippen LogP contribution in [0.1, 0.15) is 42.5 Å². The zero-order chi connectivity index (χ0) is 15.6. The second-order valence-corrected chi connectivity index (χ2v) is 7.01. The van der Waals surface area contributed by atoms with Gasteiger partial charge < -0.3 is 10.6 Å². The van der Waals surface area contributed by atoms with Crippen LogP contribution in [0, 0.1) is 5.92 Å². The minimum atomic E-state index is 0.404. The molecule has 4 heteroatoms. The molecule has 2 heterocycles. The Labute approximate surface area is 138 Å². The van der Waals surface area contributed by atoms with Crippen LogP contribution in [-0.2, 0) is 19.4 Å². The van der Waals surface area contributed by atoms with E-state index in [9.17, 15) is 0 Å². The molecular formula is C19H26N4. The summed E-state index contributed by atoms with van der Waals surface area (Å²) in [6.07, 6.45) is 7.08. The molecule has 4 nitrogen and oxygen atoms in total. The first-order chi connectivity index (χ1) is 11.3. The molecule has 4 rings (SSSR count). The molecule has 0 bridgehead atoms. The number of rotatable bonds is 4. The number of benzene rings is 1. The van der Waals surface area contributed by atoms with Crippen molar-refractivity contribution in [3.8, 4) is 0 Å². The highest BCUT2D eigenvalue weighted by molar-refractivity contribution is 5.36. The van der Waals surface area contributed by atoms with Crippen LogP contribution in [-0.4, -0.2) is 22.9 Å². The largest absolute Gasteiger partial charge is 0.370 e. The van der Waals surface area contributed by atoms with Crippen molar-refractivity contribution in [1.29, 1.82) is 0 Å². The second-order valence-electron chi connectivity index (χ2n) is 7.01. The molecule has 2 unspecified atom stereocenters. The molecule has 0 fully saturated rings. The van der Waals surface area contributed by atoms with Crippen molar-refractivity contribution in [2.24, 2.45) is 5.92 Å². The van der Waals surface area contributed by atoms with Crippen LogP contribution in [0.2, 0.25) is 0 Å². The van der Waals surface area contributed by atoms with E-state index in [-0.39, 0.29) is 0 Å². The number of anilines is 1. The molecule has 2 aromatic rings. The van der Waals surface area contributed by atoms with E-state index >= 15 is 0 Å². The minimum absolute atomic E-state index is 0.404. The number of nitrogens with one attached hydrogen (secondary N) is 2. The molecular weight excluding hydrogens is 284 g/mol. The van der Waals surface area contributed by atoms with Gasteiger partial charge in [0.25, 0.3) is 0 Å². The fourth-order valence-electron chi connectivity index (χ4n) is 3.81. The van der Waals surface area contributed by atoms with Gasteiger partial charge in [0.2, 0.25) is 0 Å². The molecule has 0 amide bonds. The molecule has 1 aromatic heterocycles. The van der Waals surface area contributed by atoms with E-state index in [0.717, 1.165) is 25.5 Å². The molecule has 1 aliphatic carbocycles. The van der Waals surface area contributed by atoms with E-state index in [1.807, 2.05) is 12.3 Å². The molecule has 122 valence electrons. The van der Waals surface area contributed by atoms with Gasteiger partial charge in [0.15, 0.2) is 0 Å². The summed E-state index contributed by atoms with van der Waals surface area (Å²) in [4.78, 5) is 0. The first kappa shape index (κ1) is 14.8. The Kier molecular flexibility index (Phi) is 4.08. The van der Waals surface area contributed by atoms with E-state index in [0.29, 0.717) is 12.0 Å². The fourth-order valence-corrected chi connectivity index (χ4v) is 3.81. The van der Waals surface area contributed by atoms with Gasteiger partial charge in [-0.1, -0.05) is 18.2 Å². The zero-order valence-corrected chi connectivity index (χ0v) is 13.9. The maximum atomic E-state index is 4.37. The molecule has 23 heavy (non-hydrogen) atoms. The Morgan fingerprint density at radius 1 is 1.26 bits per heavy atom. The highest BCUT2D eigenvalue weighted by Crippen LogP contribution is 2.25. The molecule has 2 N–H and O–H groups in total. The standard InChI is InChI=1S/C19H26N4/c1-14(17-7-6-16-4-2-3-5-18(16)10-17)20-11-15-12-21-19-8-9-22-23(19)13-15/h6-10,14-15,20-21H,2-5,11-13H2,1H3. The van der Waals surface area contributed by atoms with Crippen molar-refractivity contribution in [3.63, 3.8) is 0 Å². The maximum Gasteiger partial charge on any atom is 0.124 e.